The molecule has 2 aliphatic heterocycles. The van der Waals surface area contributed by atoms with E-state index in [0.29, 0.717) is 25.0 Å². The van der Waals surface area contributed by atoms with Gasteiger partial charge in [0.05, 0.1) is 20.2 Å². The number of nitrogens with one attached hydrogen (secondary N) is 1. The Balaban J connectivity index is 1.54. The number of alkyl halides is 3. The number of nitrogens with zero attached hydrogens (tertiary/aromatic N) is 2. The summed E-state index contributed by atoms with van der Waals surface area (Å²) in [6, 6.07) is 6.92. The molecule has 2 aromatic rings. The smallest absolute Gasteiger partial charge is 0.417 e. The second-order valence-electron chi connectivity index (χ2n) is 9.33. The molecule has 0 bridgehead atoms. The first-order chi connectivity index (χ1) is 18.2. The Morgan fingerprint density at radius 1 is 0.897 bits per heavy atom. The summed E-state index contributed by atoms with van der Waals surface area (Å²) in [7, 11) is -9.14. The molecule has 0 radical (unpaired) electrons. The predicted octanol–water partition coefficient (Wildman–Crippen LogP) is 2.95. The average Bonchev–Trinajstić information content (AvgIpc) is 3.39. The van der Waals surface area contributed by atoms with Gasteiger partial charge in [0.1, 0.15) is 6.04 Å². The van der Waals surface area contributed by atoms with Crippen LogP contribution in [0.5, 0.6) is 0 Å². The van der Waals surface area contributed by atoms with E-state index in [1.807, 2.05) is 0 Å². The van der Waals surface area contributed by atoms with E-state index in [1.165, 1.54) is 29.2 Å². The third kappa shape index (κ3) is 6.04. The van der Waals surface area contributed by atoms with Crippen LogP contribution in [0.3, 0.4) is 0 Å². The lowest BCUT2D eigenvalue weighted by Crippen LogP contribution is -2.52. The lowest BCUT2D eigenvalue weighted by Gasteiger charge is -2.35. The molecule has 2 aliphatic rings. The molecule has 0 aliphatic carbocycles. The number of hydrogen-bond donors (Lipinski definition) is 2. The summed E-state index contributed by atoms with van der Waals surface area (Å²) in [4.78, 5) is 24.7. The summed E-state index contributed by atoms with van der Waals surface area (Å²) in [6.45, 7) is 0.387. The van der Waals surface area contributed by atoms with Crippen molar-refractivity contribution >= 4 is 31.9 Å². The minimum atomic E-state index is -5.08. The Morgan fingerprint density at radius 3 is 2.13 bits per heavy atom. The number of likely N-dealkylation sites (tertiary alicyclic amines) is 2. The molecule has 10 nitrogen and oxygen atoms in total. The molecule has 212 valence electrons. The standard InChI is InChI=1S/C24H26F3N3O7S2/c25-24(26,27)19-9-8-18(38(34,35)17-5-2-1-3-6-17)15-21(19)39(36,37)28-16-10-13-29(14-11-16)22(31)20-7-4-12-30(20)23(32)33/h1-3,5-6,8-9,15-16,20,28H,4,7,10-14H2,(H,32,33)/t20-/m0/s1. The molecule has 39 heavy (non-hydrogen) atoms. The Labute approximate surface area is 223 Å². The highest BCUT2D eigenvalue weighted by Crippen LogP contribution is 2.36. The van der Waals surface area contributed by atoms with Crippen LogP contribution in [-0.2, 0) is 30.8 Å². The predicted molar refractivity (Wildman–Crippen MR) is 131 cm³/mol. The van der Waals surface area contributed by atoms with Crippen molar-refractivity contribution in [3.63, 3.8) is 0 Å². The molecule has 1 atom stereocenters. The molecule has 0 unspecified atom stereocenters. The van der Waals surface area contributed by atoms with Crippen LogP contribution in [-0.4, -0.2) is 75.5 Å². The number of sulfone groups is 1. The van der Waals surface area contributed by atoms with Gasteiger partial charge in [-0.05, 0) is 56.0 Å². The first-order valence-corrected chi connectivity index (χ1v) is 15.0. The van der Waals surface area contributed by atoms with Crippen molar-refractivity contribution in [2.24, 2.45) is 0 Å². The zero-order valence-electron chi connectivity index (χ0n) is 20.5. The molecular weight excluding hydrogens is 563 g/mol. The fourth-order valence-corrected chi connectivity index (χ4v) is 7.77. The van der Waals surface area contributed by atoms with Crippen molar-refractivity contribution in [3.8, 4) is 0 Å². The minimum Gasteiger partial charge on any atom is -0.465 e. The normalized spacial score (nSPS) is 19.3. The van der Waals surface area contributed by atoms with Crippen molar-refractivity contribution < 1.29 is 44.7 Å². The Kier molecular flexibility index (Phi) is 7.96. The van der Waals surface area contributed by atoms with E-state index in [2.05, 4.69) is 4.72 Å². The zero-order chi connectivity index (χ0) is 28.6. The monoisotopic (exact) mass is 589 g/mol. The average molecular weight is 590 g/mol. The number of halogens is 3. The van der Waals surface area contributed by atoms with Crippen molar-refractivity contribution in [1.82, 2.24) is 14.5 Å². The number of piperidine rings is 1. The first-order valence-electron chi connectivity index (χ1n) is 12.0. The molecule has 2 aromatic carbocycles. The highest BCUT2D eigenvalue weighted by molar-refractivity contribution is 7.91. The van der Waals surface area contributed by atoms with Gasteiger partial charge in [-0.25, -0.2) is 26.4 Å². The molecule has 2 amide bonds. The van der Waals surface area contributed by atoms with E-state index >= 15 is 0 Å². The van der Waals surface area contributed by atoms with E-state index in [9.17, 15) is 44.7 Å². The quantitative estimate of drug-likeness (QED) is 0.528. The number of amides is 2. The molecule has 4 rings (SSSR count). The highest BCUT2D eigenvalue weighted by Gasteiger charge is 2.40. The highest BCUT2D eigenvalue weighted by atomic mass is 32.2. The Morgan fingerprint density at radius 2 is 1.54 bits per heavy atom. The summed E-state index contributed by atoms with van der Waals surface area (Å²) < 4.78 is 95.8. The molecule has 2 fully saturated rings. The van der Waals surface area contributed by atoms with Crippen LogP contribution in [0.4, 0.5) is 18.0 Å². The maximum atomic E-state index is 13.8. The molecule has 15 heteroatoms. The number of carboxylic acid groups (broad SMARTS) is 1. The van der Waals surface area contributed by atoms with Gasteiger partial charge in [0.2, 0.25) is 25.8 Å². The van der Waals surface area contributed by atoms with Crippen molar-refractivity contribution in [3.05, 3.63) is 54.1 Å². The topological polar surface area (TPSA) is 141 Å². The summed E-state index contributed by atoms with van der Waals surface area (Å²) in [6.07, 6.45) is -5.21. The van der Waals surface area contributed by atoms with E-state index < -0.39 is 65.5 Å². The van der Waals surface area contributed by atoms with Gasteiger partial charge in [0.25, 0.3) is 0 Å². The van der Waals surface area contributed by atoms with Gasteiger partial charge in [0, 0.05) is 25.7 Å². The molecular formula is C24H26F3N3O7S2. The van der Waals surface area contributed by atoms with E-state index in [4.69, 9.17) is 0 Å². The summed E-state index contributed by atoms with van der Waals surface area (Å²) >= 11 is 0. The third-order valence-electron chi connectivity index (χ3n) is 6.82. The maximum absolute atomic E-state index is 13.8. The number of carbonyl (C=O) groups is 2. The molecule has 0 spiro atoms. The van der Waals surface area contributed by atoms with Crippen molar-refractivity contribution in [2.45, 2.75) is 58.6 Å². The van der Waals surface area contributed by atoms with Crippen LogP contribution in [0.1, 0.15) is 31.2 Å². The fourth-order valence-electron chi connectivity index (χ4n) is 4.83. The second kappa shape index (κ2) is 10.8. The van der Waals surface area contributed by atoms with Gasteiger partial charge in [-0.3, -0.25) is 9.69 Å². The van der Waals surface area contributed by atoms with Gasteiger partial charge >= 0.3 is 12.3 Å². The zero-order valence-corrected chi connectivity index (χ0v) is 22.1. The maximum Gasteiger partial charge on any atom is 0.417 e. The van der Waals surface area contributed by atoms with Crippen LogP contribution in [0.2, 0.25) is 0 Å². The fraction of sp³-hybridized carbons (Fsp3) is 0.417. The van der Waals surface area contributed by atoms with E-state index in [0.717, 1.165) is 11.0 Å². The number of hydrogen-bond acceptors (Lipinski definition) is 6. The van der Waals surface area contributed by atoms with Crippen molar-refractivity contribution in [2.75, 3.05) is 19.6 Å². The van der Waals surface area contributed by atoms with Crippen LogP contribution < -0.4 is 4.72 Å². The van der Waals surface area contributed by atoms with Crippen molar-refractivity contribution in [1.29, 1.82) is 0 Å². The molecule has 2 N–H and O–H groups in total. The van der Waals surface area contributed by atoms with Crippen LogP contribution in [0.25, 0.3) is 0 Å². The van der Waals surface area contributed by atoms with Gasteiger partial charge in [-0.2, -0.15) is 13.2 Å². The number of rotatable bonds is 6. The van der Waals surface area contributed by atoms with Crippen LogP contribution >= 0.6 is 0 Å². The molecule has 0 aromatic heterocycles. The Bertz CT molecular complexity index is 1460. The second-order valence-corrected chi connectivity index (χ2v) is 13.0. The lowest BCUT2D eigenvalue weighted by molar-refractivity contribution is -0.140. The summed E-state index contributed by atoms with van der Waals surface area (Å²) in [5.41, 5.74) is -1.51. The van der Waals surface area contributed by atoms with Gasteiger partial charge < -0.3 is 10.0 Å². The first kappa shape index (κ1) is 28.8. The lowest BCUT2D eigenvalue weighted by atomic mass is 10.0. The molecule has 0 saturated carbocycles. The number of sulfonamides is 1. The summed E-state index contributed by atoms with van der Waals surface area (Å²) in [5, 5.41) is 9.28. The number of carbonyl (C=O) groups excluding carboxylic acids is 1. The molecule has 2 heterocycles. The molecule has 2 saturated heterocycles. The largest absolute Gasteiger partial charge is 0.465 e. The van der Waals surface area contributed by atoms with Crippen LogP contribution in [0.15, 0.2) is 63.2 Å². The minimum absolute atomic E-state index is 0.0739. The number of benzene rings is 2. The van der Waals surface area contributed by atoms with Gasteiger partial charge in [-0.15, -0.1) is 0 Å². The van der Waals surface area contributed by atoms with E-state index in [1.54, 1.807) is 6.07 Å². The van der Waals surface area contributed by atoms with Gasteiger partial charge in [0.15, 0.2) is 0 Å². The Hall–Kier alpha value is -3.17. The summed E-state index contributed by atoms with van der Waals surface area (Å²) in [5.74, 6) is -0.394. The van der Waals surface area contributed by atoms with Gasteiger partial charge in [-0.1, -0.05) is 18.2 Å². The third-order valence-corrected chi connectivity index (χ3v) is 10.2. The SMILES string of the molecule is O=C([C@@H]1CCCN1C(=O)O)N1CCC(NS(=O)(=O)c2cc(S(=O)(=O)c3ccccc3)ccc2C(F)(F)F)CC1. The van der Waals surface area contributed by atoms with Crippen LogP contribution in [0, 0.1) is 0 Å². The van der Waals surface area contributed by atoms with E-state index in [-0.39, 0.29) is 37.4 Å².